The van der Waals surface area contributed by atoms with Crippen molar-refractivity contribution in [3.8, 4) is 0 Å². The Balaban J connectivity index is 1.37. The highest BCUT2D eigenvalue weighted by Crippen LogP contribution is 2.20. The summed E-state index contributed by atoms with van der Waals surface area (Å²) in [5.41, 5.74) is 4.48. The fourth-order valence-corrected chi connectivity index (χ4v) is 3.58. The summed E-state index contributed by atoms with van der Waals surface area (Å²) in [5.74, 6) is 0.826. The number of piperazine rings is 1. The van der Waals surface area contributed by atoms with Crippen LogP contribution in [0.3, 0.4) is 0 Å². The summed E-state index contributed by atoms with van der Waals surface area (Å²) < 4.78 is 0. The standard InChI is InChI=1S/C23H25N5O/c1-17-6-8-20(18(2)15-17)26-23(29)21-9-7-19(16-25-21)27-11-13-28(14-12-27)22-5-3-4-10-24-22/h3-10,15-16H,11-14H2,1-2H3,(H,26,29). The van der Waals surface area contributed by atoms with Crippen molar-refractivity contribution in [1.82, 2.24) is 9.97 Å². The quantitative estimate of drug-likeness (QED) is 0.740. The van der Waals surface area contributed by atoms with Gasteiger partial charge in [-0.25, -0.2) is 9.97 Å². The third kappa shape index (κ3) is 4.37. The Morgan fingerprint density at radius 2 is 1.72 bits per heavy atom. The van der Waals surface area contributed by atoms with Gasteiger partial charge in [-0.15, -0.1) is 0 Å². The number of rotatable bonds is 4. The van der Waals surface area contributed by atoms with Crippen molar-refractivity contribution in [2.75, 3.05) is 41.3 Å². The summed E-state index contributed by atoms with van der Waals surface area (Å²) in [5, 5.41) is 2.95. The molecule has 4 rings (SSSR count). The topological polar surface area (TPSA) is 61.4 Å². The third-order valence-electron chi connectivity index (χ3n) is 5.23. The molecular weight excluding hydrogens is 362 g/mol. The highest BCUT2D eigenvalue weighted by Gasteiger charge is 2.19. The van der Waals surface area contributed by atoms with E-state index >= 15 is 0 Å². The van der Waals surface area contributed by atoms with E-state index in [9.17, 15) is 4.79 Å². The van der Waals surface area contributed by atoms with Crippen molar-refractivity contribution in [2.45, 2.75) is 13.8 Å². The molecule has 0 radical (unpaired) electrons. The fourth-order valence-electron chi connectivity index (χ4n) is 3.58. The average Bonchev–Trinajstić information content (AvgIpc) is 2.76. The SMILES string of the molecule is Cc1ccc(NC(=O)c2ccc(N3CCN(c4ccccn4)CC3)cn2)c(C)c1. The molecule has 1 fully saturated rings. The van der Waals surface area contributed by atoms with Crippen LogP contribution in [-0.2, 0) is 0 Å². The summed E-state index contributed by atoms with van der Waals surface area (Å²) in [6.07, 6.45) is 3.61. The molecule has 0 unspecified atom stereocenters. The number of aryl methyl sites for hydroxylation is 2. The second-order valence-electron chi connectivity index (χ2n) is 7.34. The Labute approximate surface area is 171 Å². The second-order valence-corrected chi connectivity index (χ2v) is 7.34. The maximum absolute atomic E-state index is 12.5. The Morgan fingerprint density at radius 1 is 0.931 bits per heavy atom. The zero-order chi connectivity index (χ0) is 20.2. The van der Waals surface area contributed by atoms with Crippen LogP contribution in [0, 0.1) is 13.8 Å². The number of carbonyl (C=O) groups excluding carboxylic acids is 1. The maximum atomic E-state index is 12.5. The Morgan fingerprint density at radius 3 is 2.38 bits per heavy atom. The molecule has 1 aliphatic heterocycles. The molecule has 3 heterocycles. The monoisotopic (exact) mass is 387 g/mol. The van der Waals surface area contributed by atoms with E-state index in [1.807, 2.05) is 56.4 Å². The predicted octanol–water partition coefficient (Wildman–Crippen LogP) is 3.67. The number of hydrogen-bond acceptors (Lipinski definition) is 5. The summed E-state index contributed by atoms with van der Waals surface area (Å²) in [6, 6.07) is 15.7. The molecule has 1 N–H and O–H groups in total. The van der Waals surface area contributed by atoms with Gasteiger partial charge < -0.3 is 15.1 Å². The Kier molecular flexibility index (Phi) is 5.42. The number of benzene rings is 1. The lowest BCUT2D eigenvalue weighted by Gasteiger charge is -2.36. The van der Waals surface area contributed by atoms with Gasteiger partial charge in [0.1, 0.15) is 11.5 Å². The molecule has 6 nitrogen and oxygen atoms in total. The Hall–Kier alpha value is -3.41. The van der Waals surface area contributed by atoms with Gasteiger partial charge in [0, 0.05) is 38.1 Å². The summed E-state index contributed by atoms with van der Waals surface area (Å²) in [4.78, 5) is 25.9. The van der Waals surface area contributed by atoms with E-state index in [0.29, 0.717) is 5.69 Å². The minimum absolute atomic E-state index is 0.191. The van der Waals surface area contributed by atoms with Crippen molar-refractivity contribution in [1.29, 1.82) is 0 Å². The first-order chi connectivity index (χ1) is 14.1. The molecule has 1 saturated heterocycles. The van der Waals surface area contributed by atoms with Gasteiger partial charge in [-0.05, 0) is 49.7 Å². The summed E-state index contributed by atoms with van der Waals surface area (Å²) in [7, 11) is 0. The van der Waals surface area contributed by atoms with Crippen LogP contribution >= 0.6 is 0 Å². The van der Waals surface area contributed by atoms with Crippen molar-refractivity contribution in [2.24, 2.45) is 0 Å². The lowest BCUT2D eigenvalue weighted by molar-refractivity contribution is 0.102. The smallest absolute Gasteiger partial charge is 0.274 e. The Bertz CT molecular complexity index is 980. The van der Waals surface area contributed by atoms with Crippen LogP contribution in [0.15, 0.2) is 60.9 Å². The molecule has 0 atom stereocenters. The van der Waals surface area contributed by atoms with Gasteiger partial charge in [-0.2, -0.15) is 0 Å². The zero-order valence-electron chi connectivity index (χ0n) is 16.8. The number of anilines is 3. The van der Waals surface area contributed by atoms with Gasteiger partial charge in [0.2, 0.25) is 0 Å². The van der Waals surface area contributed by atoms with Crippen LogP contribution in [0.1, 0.15) is 21.6 Å². The number of pyridine rings is 2. The molecule has 29 heavy (non-hydrogen) atoms. The number of aromatic nitrogens is 2. The highest BCUT2D eigenvalue weighted by molar-refractivity contribution is 6.03. The lowest BCUT2D eigenvalue weighted by atomic mass is 10.1. The minimum Gasteiger partial charge on any atom is -0.367 e. The van der Waals surface area contributed by atoms with Crippen LogP contribution in [0.4, 0.5) is 17.2 Å². The first kappa shape index (κ1) is 18.9. The van der Waals surface area contributed by atoms with Crippen LogP contribution in [0.2, 0.25) is 0 Å². The zero-order valence-corrected chi connectivity index (χ0v) is 16.8. The highest BCUT2D eigenvalue weighted by atomic mass is 16.1. The maximum Gasteiger partial charge on any atom is 0.274 e. The summed E-state index contributed by atoms with van der Waals surface area (Å²) >= 11 is 0. The molecule has 3 aromatic rings. The van der Waals surface area contributed by atoms with E-state index in [2.05, 4.69) is 31.2 Å². The largest absolute Gasteiger partial charge is 0.367 e. The molecule has 1 aliphatic rings. The molecule has 6 heteroatoms. The van der Waals surface area contributed by atoms with Gasteiger partial charge in [0.25, 0.3) is 5.91 Å². The van der Waals surface area contributed by atoms with E-state index in [1.54, 1.807) is 12.3 Å². The third-order valence-corrected chi connectivity index (χ3v) is 5.23. The van der Waals surface area contributed by atoms with Gasteiger partial charge in [-0.3, -0.25) is 4.79 Å². The molecule has 148 valence electrons. The normalized spacial score (nSPS) is 14.0. The first-order valence-electron chi connectivity index (χ1n) is 9.86. The van der Waals surface area contributed by atoms with Gasteiger partial charge in [0.05, 0.1) is 11.9 Å². The predicted molar refractivity (Wildman–Crippen MR) is 117 cm³/mol. The molecule has 0 bridgehead atoms. The van der Waals surface area contributed by atoms with Crippen molar-refractivity contribution in [3.63, 3.8) is 0 Å². The van der Waals surface area contributed by atoms with Crippen molar-refractivity contribution in [3.05, 3.63) is 77.7 Å². The second kappa shape index (κ2) is 8.31. The molecule has 2 aromatic heterocycles. The number of amides is 1. The summed E-state index contributed by atoms with van der Waals surface area (Å²) in [6.45, 7) is 7.63. The molecule has 0 saturated carbocycles. The number of nitrogens with zero attached hydrogens (tertiary/aromatic N) is 4. The molecule has 0 spiro atoms. The van der Waals surface area contributed by atoms with Crippen LogP contribution in [0.5, 0.6) is 0 Å². The van der Waals surface area contributed by atoms with E-state index in [1.165, 1.54) is 5.56 Å². The van der Waals surface area contributed by atoms with Gasteiger partial charge in [0.15, 0.2) is 0 Å². The van der Waals surface area contributed by atoms with E-state index in [4.69, 9.17) is 0 Å². The van der Waals surface area contributed by atoms with E-state index < -0.39 is 0 Å². The number of carbonyl (C=O) groups is 1. The van der Waals surface area contributed by atoms with Crippen LogP contribution in [-0.4, -0.2) is 42.1 Å². The lowest BCUT2D eigenvalue weighted by Crippen LogP contribution is -2.46. The first-order valence-corrected chi connectivity index (χ1v) is 9.86. The van der Waals surface area contributed by atoms with Crippen LogP contribution < -0.4 is 15.1 Å². The molecule has 0 aliphatic carbocycles. The van der Waals surface area contributed by atoms with Gasteiger partial charge in [-0.1, -0.05) is 23.8 Å². The van der Waals surface area contributed by atoms with Crippen molar-refractivity contribution >= 4 is 23.1 Å². The van der Waals surface area contributed by atoms with Crippen molar-refractivity contribution < 1.29 is 4.79 Å². The van der Waals surface area contributed by atoms with Crippen LogP contribution in [0.25, 0.3) is 0 Å². The number of nitrogens with one attached hydrogen (secondary N) is 1. The van der Waals surface area contributed by atoms with E-state index in [0.717, 1.165) is 48.9 Å². The molecule has 1 aromatic carbocycles. The fraction of sp³-hybridized carbons (Fsp3) is 0.261. The molecular formula is C23H25N5O. The minimum atomic E-state index is -0.191. The molecule has 1 amide bonds. The van der Waals surface area contributed by atoms with Gasteiger partial charge >= 0.3 is 0 Å². The van der Waals surface area contributed by atoms with E-state index in [-0.39, 0.29) is 5.91 Å². The average molecular weight is 387 g/mol. The number of hydrogen-bond donors (Lipinski definition) is 1.